The van der Waals surface area contributed by atoms with Crippen molar-refractivity contribution in [2.75, 3.05) is 19.6 Å². The Hall–Kier alpha value is -2.18. The number of H-pyrrole nitrogens is 1. The number of hydrogen-bond acceptors (Lipinski definition) is 4. The molecule has 2 aliphatic carbocycles. The molecular formula is C20H26N4O3. The summed E-state index contributed by atoms with van der Waals surface area (Å²) in [7, 11) is 0. The van der Waals surface area contributed by atoms with Crippen molar-refractivity contribution in [1.29, 1.82) is 0 Å². The van der Waals surface area contributed by atoms with Crippen LogP contribution in [0.5, 0.6) is 0 Å². The predicted octanol–water partition coefficient (Wildman–Crippen LogP) is 1.18. The Labute approximate surface area is 158 Å². The van der Waals surface area contributed by atoms with Crippen LogP contribution in [0.2, 0.25) is 0 Å². The van der Waals surface area contributed by atoms with E-state index in [4.69, 9.17) is 4.98 Å². The summed E-state index contributed by atoms with van der Waals surface area (Å²) in [5.41, 5.74) is 1.40. The number of nitrogens with zero attached hydrogens (tertiary/aromatic N) is 3. The summed E-state index contributed by atoms with van der Waals surface area (Å²) in [6.07, 6.45) is 6.58. The standard InChI is InChI=1S/C20H26N4O3/c25-18-15-7-9-24(20(27)13-4-5-13)11-16(15)21-17(22-18)14-6-8-23(10-14)19(26)12-2-1-3-12/h12-14H,1-11H2,(H,21,22,25). The van der Waals surface area contributed by atoms with Crippen LogP contribution in [0.15, 0.2) is 4.79 Å². The van der Waals surface area contributed by atoms with Crippen LogP contribution >= 0.6 is 0 Å². The molecule has 1 unspecified atom stereocenters. The first-order valence-electron chi connectivity index (χ1n) is 10.3. The van der Waals surface area contributed by atoms with E-state index in [1.54, 1.807) is 0 Å². The number of rotatable bonds is 3. The summed E-state index contributed by atoms with van der Waals surface area (Å²) in [6.45, 7) is 2.44. The van der Waals surface area contributed by atoms with Crippen molar-refractivity contribution >= 4 is 11.8 Å². The van der Waals surface area contributed by atoms with E-state index in [2.05, 4.69) is 4.98 Å². The van der Waals surface area contributed by atoms with E-state index in [9.17, 15) is 14.4 Å². The fraction of sp³-hybridized carbons (Fsp3) is 0.700. The molecule has 27 heavy (non-hydrogen) atoms. The zero-order valence-corrected chi connectivity index (χ0v) is 15.6. The maximum Gasteiger partial charge on any atom is 0.254 e. The summed E-state index contributed by atoms with van der Waals surface area (Å²) >= 11 is 0. The minimum absolute atomic E-state index is 0.0720. The van der Waals surface area contributed by atoms with E-state index in [0.29, 0.717) is 31.9 Å². The van der Waals surface area contributed by atoms with E-state index in [-0.39, 0.29) is 35.1 Å². The summed E-state index contributed by atoms with van der Waals surface area (Å²) in [6, 6.07) is 0. The van der Waals surface area contributed by atoms with Crippen LogP contribution in [0.4, 0.5) is 0 Å². The van der Waals surface area contributed by atoms with Gasteiger partial charge in [0.2, 0.25) is 11.8 Å². The van der Waals surface area contributed by atoms with Crippen molar-refractivity contribution in [3.63, 3.8) is 0 Å². The molecule has 0 aromatic carbocycles. The van der Waals surface area contributed by atoms with Gasteiger partial charge >= 0.3 is 0 Å². The van der Waals surface area contributed by atoms with Crippen LogP contribution in [0, 0.1) is 11.8 Å². The molecule has 3 fully saturated rings. The van der Waals surface area contributed by atoms with Crippen molar-refractivity contribution < 1.29 is 9.59 Å². The van der Waals surface area contributed by atoms with Crippen LogP contribution in [-0.2, 0) is 22.6 Å². The second-order valence-electron chi connectivity index (χ2n) is 8.56. The van der Waals surface area contributed by atoms with Crippen LogP contribution in [-0.4, -0.2) is 51.2 Å². The van der Waals surface area contributed by atoms with Gasteiger partial charge in [0.1, 0.15) is 5.82 Å². The molecule has 2 amide bonds. The first-order valence-corrected chi connectivity index (χ1v) is 10.3. The summed E-state index contributed by atoms with van der Waals surface area (Å²) < 4.78 is 0. The Balaban J connectivity index is 1.33. The van der Waals surface area contributed by atoms with Gasteiger partial charge in [-0.25, -0.2) is 4.98 Å². The quantitative estimate of drug-likeness (QED) is 0.866. The van der Waals surface area contributed by atoms with Crippen LogP contribution in [0.25, 0.3) is 0 Å². The van der Waals surface area contributed by atoms with Crippen molar-refractivity contribution in [3.05, 3.63) is 27.4 Å². The molecule has 1 aromatic heterocycles. The number of hydrogen-bond donors (Lipinski definition) is 1. The monoisotopic (exact) mass is 370 g/mol. The lowest BCUT2D eigenvalue weighted by Crippen LogP contribution is -2.40. The van der Waals surface area contributed by atoms with Gasteiger partial charge in [0.05, 0.1) is 12.2 Å². The minimum Gasteiger partial charge on any atom is -0.342 e. The Kier molecular flexibility index (Phi) is 4.06. The number of aromatic nitrogens is 2. The molecule has 1 saturated heterocycles. The third kappa shape index (κ3) is 3.07. The van der Waals surface area contributed by atoms with Gasteiger partial charge in [-0.15, -0.1) is 0 Å². The van der Waals surface area contributed by atoms with Crippen LogP contribution in [0.3, 0.4) is 0 Å². The van der Waals surface area contributed by atoms with E-state index < -0.39 is 0 Å². The molecule has 0 spiro atoms. The summed E-state index contributed by atoms with van der Waals surface area (Å²) in [4.78, 5) is 48.9. The molecular weight excluding hydrogens is 344 g/mol. The van der Waals surface area contributed by atoms with Crippen molar-refractivity contribution in [2.45, 2.75) is 57.4 Å². The number of carbonyl (C=O) groups is 2. The SMILES string of the molecule is O=C(C1CC1)N1CCc2c(nc(C3CCN(C(=O)C4CCC4)C3)[nH]c2=O)C1. The Morgan fingerprint density at radius 3 is 2.41 bits per heavy atom. The van der Waals surface area contributed by atoms with Gasteiger partial charge in [-0.3, -0.25) is 14.4 Å². The van der Waals surface area contributed by atoms with E-state index in [1.807, 2.05) is 9.80 Å². The van der Waals surface area contributed by atoms with Crippen LogP contribution in [0.1, 0.15) is 61.5 Å². The highest BCUT2D eigenvalue weighted by molar-refractivity contribution is 5.81. The molecule has 1 N–H and O–H groups in total. The second kappa shape index (κ2) is 6.46. The first-order chi connectivity index (χ1) is 13.1. The van der Waals surface area contributed by atoms with Crippen molar-refractivity contribution in [3.8, 4) is 0 Å². The Morgan fingerprint density at radius 2 is 1.70 bits per heavy atom. The maximum atomic E-state index is 12.6. The number of amides is 2. The zero-order chi connectivity index (χ0) is 18.5. The molecule has 0 bridgehead atoms. The molecule has 3 heterocycles. The van der Waals surface area contributed by atoms with E-state index in [0.717, 1.165) is 56.3 Å². The molecule has 7 nitrogen and oxygen atoms in total. The summed E-state index contributed by atoms with van der Waals surface area (Å²) in [5.74, 6) is 1.65. The molecule has 144 valence electrons. The van der Waals surface area contributed by atoms with Gasteiger partial charge in [0, 0.05) is 43.0 Å². The molecule has 5 rings (SSSR count). The number of fused-ring (bicyclic) bond motifs is 1. The van der Waals surface area contributed by atoms with Gasteiger partial charge < -0.3 is 14.8 Å². The fourth-order valence-corrected chi connectivity index (χ4v) is 4.53. The fourth-order valence-electron chi connectivity index (χ4n) is 4.53. The number of aromatic amines is 1. The van der Waals surface area contributed by atoms with Gasteiger partial charge in [0.15, 0.2) is 0 Å². The van der Waals surface area contributed by atoms with E-state index in [1.165, 1.54) is 0 Å². The van der Waals surface area contributed by atoms with Gasteiger partial charge in [-0.05, 0) is 38.5 Å². The third-order valence-electron chi connectivity index (χ3n) is 6.67. The third-order valence-corrected chi connectivity index (χ3v) is 6.67. The minimum atomic E-state index is -0.0720. The lowest BCUT2D eigenvalue weighted by molar-refractivity contribution is -0.137. The number of carbonyl (C=O) groups excluding carboxylic acids is 2. The number of nitrogens with one attached hydrogen (secondary N) is 1. The highest BCUT2D eigenvalue weighted by atomic mass is 16.2. The zero-order valence-electron chi connectivity index (χ0n) is 15.6. The normalized spacial score (nSPS) is 25.3. The van der Waals surface area contributed by atoms with Crippen LogP contribution < -0.4 is 5.56 Å². The molecule has 0 radical (unpaired) electrons. The molecule has 4 aliphatic rings. The first kappa shape index (κ1) is 17.0. The lowest BCUT2D eigenvalue weighted by atomic mass is 9.84. The Bertz CT molecular complexity index is 840. The Morgan fingerprint density at radius 1 is 0.963 bits per heavy atom. The lowest BCUT2D eigenvalue weighted by Gasteiger charge is -2.29. The molecule has 2 aliphatic heterocycles. The predicted molar refractivity (Wildman–Crippen MR) is 98.0 cm³/mol. The highest BCUT2D eigenvalue weighted by Gasteiger charge is 2.37. The molecule has 1 atom stereocenters. The smallest absolute Gasteiger partial charge is 0.254 e. The van der Waals surface area contributed by atoms with E-state index >= 15 is 0 Å². The summed E-state index contributed by atoms with van der Waals surface area (Å²) in [5, 5.41) is 0. The highest BCUT2D eigenvalue weighted by Crippen LogP contribution is 2.34. The molecule has 1 aromatic rings. The van der Waals surface area contributed by atoms with Crippen molar-refractivity contribution in [2.24, 2.45) is 11.8 Å². The maximum absolute atomic E-state index is 12.6. The molecule has 2 saturated carbocycles. The van der Waals surface area contributed by atoms with Crippen molar-refractivity contribution in [1.82, 2.24) is 19.8 Å². The number of likely N-dealkylation sites (tertiary alicyclic amines) is 1. The average molecular weight is 370 g/mol. The molecule has 7 heteroatoms. The second-order valence-corrected chi connectivity index (χ2v) is 8.56. The average Bonchev–Trinajstić information content (AvgIpc) is 3.35. The topological polar surface area (TPSA) is 86.4 Å². The largest absolute Gasteiger partial charge is 0.342 e. The van der Waals surface area contributed by atoms with Gasteiger partial charge in [-0.2, -0.15) is 0 Å². The van der Waals surface area contributed by atoms with Gasteiger partial charge in [-0.1, -0.05) is 6.42 Å². The van der Waals surface area contributed by atoms with Gasteiger partial charge in [0.25, 0.3) is 5.56 Å².